The zero-order chi connectivity index (χ0) is 13.1. The fourth-order valence-electron chi connectivity index (χ4n) is 2.58. The molecule has 0 amide bonds. The summed E-state index contributed by atoms with van der Waals surface area (Å²) in [6.07, 6.45) is 14.9. The average molecular weight is 253 g/mol. The molecule has 0 aromatic carbocycles. The highest BCUT2D eigenvalue weighted by atomic mass is 16.5. The first kappa shape index (κ1) is 15.5. The van der Waals surface area contributed by atoms with E-state index in [0.29, 0.717) is 6.42 Å². The number of rotatable bonds is 8. The van der Waals surface area contributed by atoms with E-state index in [-0.39, 0.29) is 12.1 Å². The average Bonchev–Trinajstić information content (AvgIpc) is 2.62. The maximum absolute atomic E-state index is 11.7. The van der Waals surface area contributed by atoms with Crippen LogP contribution in [0.2, 0.25) is 0 Å². The van der Waals surface area contributed by atoms with Crippen LogP contribution in [0, 0.1) is 6.92 Å². The summed E-state index contributed by atoms with van der Waals surface area (Å²) in [5.74, 6) is 0.0269. The van der Waals surface area contributed by atoms with Gasteiger partial charge in [-0.2, -0.15) is 0 Å². The van der Waals surface area contributed by atoms with Gasteiger partial charge in [0.05, 0.1) is 0 Å². The quantitative estimate of drug-likeness (QED) is 0.352. The van der Waals surface area contributed by atoms with Crippen molar-refractivity contribution >= 4 is 5.97 Å². The van der Waals surface area contributed by atoms with Gasteiger partial charge in [0, 0.05) is 6.42 Å². The Kier molecular flexibility index (Phi) is 8.97. The molecule has 1 rings (SSSR count). The zero-order valence-corrected chi connectivity index (χ0v) is 11.8. The molecule has 0 spiro atoms. The Bertz CT molecular complexity index is 205. The molecule has 105 valence electrons. The number of hydrogen-bond acceptors (Lipinski definition) is 2. The Morgan fingerprint density at radius 2 is 1.56 bits per heavy atom. The number of esters is 1. The van der Waals surface area contributed by atoms with Gasteiger partial charge in [0.1, 0.15) is 6.10 Å². The predicted molar refractivity (Wildman–Crippen MR) is 75.3 cm³/mol. The van der Waals surface area contributed by atoms with E-state index in [1.807, 2.05) is 0 Å². The van der Waals surface area contributed by atoms with E-state index >= 15 is 0 Å². The minimum absolute atomic E-state index is 0.0269. The molecule has 18 heavy (non-hydrogen) atoms. The Morgan fingerprint density at radius 3 is 2.22 bits per heavy atom. The smallest absolute Gasteiger partial charge is 0.306 e. The zero-order valence-electron chi connectivity index (χ0n) is 11.8. The van der Waals surface area contributed by atoms with Crippen LogP contribution in [0.3, 0.4) is 0 Å². The summed E-state index contributed by atoms with van der Waals surface area (Å²) in [6.45, 7) is 3.83. The van der Waals surface area contributed by atoms with Crippen molar-refractivity contribution in [1.82, 2.24) is 0 Å². The van der Waals surface area contributed by atoms with Crippen molar-refractivity contribution < 1.29 is 9.53 Å². The van der Waals surface area contributed by atoms with E-state index in [2.05, 4.69) is 6.92 Å². The second-order valence-corrected chi connectivity index (χ2v) is 5.47. The molecule has 0 aliphatic heterocycles. The summed E-state index contributed by atoms with van der Waals surface area (Å²) in [7, 11) is 0. The fourth-order valence-corrected chi connectivity index (χ4v) is 2.58. The van der Waals surface area contributed by atoms with Gasteiger partial charge >= 0.3 is 5.97 Å². The van der Waals surface area contributed by atoms with Crippen LogP contribution >= 0.6 is 0 Å². The molecule has 1 aliphatic rings. The second-order valence-electron chi connectivity index (χ2n) is 5.47. The lowest BCUT2D eigenvalue weighted by atomic mass is 10.1. The largest absolute Gasteiger partial charge is 0.462 e. The lowest BCUT2D eigenvalue weighted by Crippen LogP contribution is -2.17. The molecule has 0 atom stereocenters. The summed E-state index contributed by atoms with van der Waals surface area (Å²) in [5, 5.41) is 0. The summed E-state index contributed by atoms with van der Waals surface area (Å²) < 4.78 is 5.55. The van der Waals surface area contributed by atoms with E-state index < -0.39 is 0 Å². The molecule has 0 bridgehead atoms. The summed E-state index contributed by atoms with van der Waals surface area (Å²) >= 11 is 0. The van der Waals surface area contributed by atoms with Gasteiger partial charge in [-0.3, -0.25) is 4.79 Å². The second kappa shape index (κ2) is 10.4. The number of hydrogen-bond donors (Lipinski definition) is 0. The van der Waals surface area contributed by atoms with E-state index in [9.17, 15) is 4.79 Å². The molecule has 0 saturated heterocycles. The highest BCUT2D eigenvalue weighted by molar-refractivity contribution is 5.69. The normalized spacial score (nSPS) is 17.4. The summed E-state index contributed by atoms with van der Waals surface area (Å²) in [6, 6.07) is 0. The van der Waals surface area contributed by atoms with E-state index in [1.54, 1.807) is 0 Å². The Hall–Kier alpha value is -0.530. The van der Waals surface area contributed by atoms with Crippen molar-refractivity contribution in [3.8, 4) is 0 Å². The van der Waals surface area contributed by atoms with Gasteiger partial charge in [0.25, 0.3) is 0 Å². The number of unbranched alkanes of at least 4 members (excludes halogenated alkanes) is 5. The minimum atomic E-state index is 0.0269. The van der Waals surface area contributed by atoms with Crippen LogP contribution in [-0.4, -0.2) is 12.1 Å². The van der Waals surface area contributed by atoms with Crippen LogP contribution in [-0.2, 0) is 9.53 Å². The third kappa shape index (κ3) is 7.73. The molecule has 0 aromatic heterocycles. The van der Waals surface area contributed by atoms with Gasteiger partial charge in [-0.15, -0.1) is 0 Å². The van der Waals surface area contributed by atoms with Crippen LogP contribution in [0.4, 0.5) is 0 Å². The van der Waals surface area contributed by atoms with Crippen molar-refractivity contribution in [3.05, 3.63) is 6.92 Å². The summed E-state index contributed by atoms with van der Waals surface area (Å²) in [4.78, 5) is 11.7. The maximum atomic E-state index is 11.7. The van der Waals surface area contributed by atoms with Gasteiger partial charge < -0.3 is 4.74 Å². The van der Waals surface area contributed by atoms with Crippen molar-refractivity contribution in [1.29, 1.82) is 0 Å². The minimum Gasteiger partial charge on any atom is -0.462 e. The van der Waals surface area contributed by atoms with Gasteiger partial charge in [-0.05, 0) is 32.1 Å². The van der Waals surface area contributed by atoms with Gasteiger partial charge in [0.15, 0.2) is 0 Å². The number of carbonyl (C=O) groups excluding carboxylic acids is 1. The molecule has 0 N–H and O–H groups in total. The van der Waals surface area contributed by atoms with Crippen LogP contribution < -0.4 is 0 Å². The van der Waals surface area contributed by atoms with E-state index in [0.717, 1.165) is 32.1 Å². The molecule has 2 heteroatoms. The standard InChI is InChI=1S/C16H29O2/c1-2-3-4-5-6-11-14-16(17)18-15-12-9-7-8-10-13-15/h15H,1-14H2. The lowest BCUT2D eigenvalue weighted by Gasteiger charge is -2.15. The van der Waals surface area contributed by atoms with Crippen molar-refractivity contribution in [2.24, 2.45) is 0 Å². The molecule has 1 fully saturated rings. The van der Waals surface area contributed by atoms with Crippen LogP contribution in [0.5, 0.6) is 0 Å². The molecule has 0 unspecified atom stereocenters. The molecule has 0 aromatic rings. The number of ether oxygens (including phenoxy) is 1. The Labute approximate surface area is 112 Å². The SMILES string of the molecule is [CH2]CCCCCCCC(=O)OC1CCCCCC1. The van der Waals surface area contributed by atoms with Crippen LogP contribution in [0.15, 0.2) is 0 Å². The molecular weight excluding hydrogens is 224 g/mol. The van der Waals surface area contributed by atoms with Crippen LogP contribution in [0.25, 0.3) is 0 Å². The third-order valence-electron chi connectivity index (χ3n) is 3.73. The Balaban J connectivity index is 1.98. The Morgan fingerprint density at radius 1 is 0.944 bits per heavy atom. The monoisotopic (exact) mass is 253 g/mol. The van der Waals surface area contributed by atoms with Crippen molar-refractivity contribution in [3.63, 3.8) is 0 Å². The molecule has 1 saturated carbocycles. The molecule has 1 radical (unpaired) electrons. The molecular formula is C16H29O2. The topological polar surface area (TPSA) is 26.3 Å². The fraction of sp³-hybridized carbons (Fsp3) is 0.875. The molecule has 1 aliphatic carbocycles. The summed E-state index contributed by atoms with van der Waals surface area (Å²) in [5.41, 5.74) is 0. The van der Waals surface area contributed by atoms with Gasteiger partial charge in [-0.1, -0.05) is 51.9 Å². The first-order valence-electron chi connectivity index (χ1n) is 7.81. The molecule has 2 nitrogen and oxygen atoms in total. The van der Waals surface area contributed by atoms with Crippen molar-refractivity contribution in [2.45, 2.75) is 89.6 Å². The molecule has 0 heterocycles. The lowest BCUT2D eigenvalue weighted by molar-refractivity contribution is -0.149. The first-order chi connectivity index (χ1) is 8.83. The van der Waals surface area contributed by atoms with Crippen molar-refractivity contribution in [2.75, 3.05) is 0 Å². The predicted octanol–water partition coefficient (Wildman–Crippen LogP) is 4.82. The van der Waals surface area contributed by atoms with Crippen LogP contribution in [0.1, 0.15) is 83.5 Å². The van der Waals surface area contributed by atoms with E-state index in [4.69, 9.17) is 4.74 Å². The maximum Gasteiger partial charge on any atom is 0.306 e. The third-order valence-corrected chi connectivity index (χ3v) is 3.73. The van der Waals surface area contributed by atoms with Gasteiger partial charge in [0.2, 0.25) is 0 Å². The highest BCUT2D eigenvalue weighted by Crippen LogP contribution is 2.20. The number of carbonyl (C=O) groups is 1. The highest BCUT2D eigenvalue weighted by Gasteiger charge is 2.16. The van der Waals surface area contributed by atoms with Gasteiger partial charge in [-0.25, -0.2) is 0 Å². The first-order valence-corrected chi connectivity index (χ1v) is 7.81. The van der Waals surface area contributed by atoms with E-state index in [1.165, 1.54) is 44.9 Å².